The van der Waals surface area contributed by atoms with Crippen LogP contribution in [-0.4, -0.2) is 41.1 Å². The molecule has 0 amide bonds. The van der Waals surface area contributed by atoms with E-state index in [1.807, 2.05) is 0 Å². The van der Waals surface area contributed by atoms with Crippen molar-refractivity contribution < 1.29 is 17.9 Å². The van der Waals surface area contributed by atoms with Crippen molar-refractivity contribution >= 4 is 40.0 Å². The van der Waals surface area contributed by atoms with Gasteiger partial charge in [0.25, 0.3) is 0 Å². The van der Waals surface area contributed by atoms with Gasteiger partial charge >= 0.3 is 5.97 Å². The van der Waals surface area contributed by atoms with Crippen LogP contribution < -0.4 is 10.0 Å². The monoisotopic (exact) mass is 396 g/mol. The van der Waals surface area contributed by atoms with Gasteiger partial charge in [-0.25, -0.2) is 17.9 Å². The Labute approximate surface area is 153 Å². The topological polar surface area (TPSA) is 84.5 Å². The van der Waals surface area contributed by atoms with Gasteiger partial charge in [0.15, 0.2) is 0 Å². The van der Waals surface area contributed by atoms with Gasteiger partial charge in [0.2, 0.25) is 10.0 Å². The first kappa shape index (κ1) is 21.2. The predicted molar refractivity (Wildman–Crippen MR) is 95.4 cm³/mol. The lowest BCUT2D eigenvalue weighted by Gasteiger charge is -2.22. The van der Waals surface area contributed by atoms with E-state index in [2.05, 4.69) is 14.8 Å². The first-order valence-electron chi connectivity index (χ1n) is 7.51. The lowest BCUT2D eigenvalue weighted by molar-refractivity contribution is 0.0600. The van der Waals surface area contributed by atoms with Crippen LogP contribution in [0.3, 0.4) is 0 Å². The minimum Gasteiger partial charge on any atom is -0.465 e. The fourth-order valence-electron chi connectivity index (χ4n) is 2.60. The second kappa shape index (κ2) is 9.58. The zero-order chi connectivity index (χ0) is 16.9. The number of nitrogens with one attached hydrogen (secondary N) is 2. The molecule has 1 saturated heterocycles. The molecule has 0 aliphatic carbocycles. The Balaban J connectivity index is 0.00000288. The summed E-state index contributed by atoms with van der Waals surface area (Å²) in [6.45, 7) is 2.31. The van der Waals surface area contributed by atoms with Crippen LogP contribution in [0.25, 0.3) is 0 Å². The highest BCUT2D eigenvalue weighted by Crippen LogP contribution is 2.20. The van der Waals surface area contributed by atoms with E-state index < -0.39 is 16.0 Å². The molecule has 0 aromatic heterocycles. The number of esters is 1. The van der Waals surface area contributed by atoms with Crippen molar-refractivity contribution in [3.63, 3.8) is 0 Å². The number of halogens is 2. The van der Waals surface area contributed by atoms with Gasteiger partial charge in [0.1, 0.15) is 0 Å². The second-order valence-electron chi connectivity index (χ2n) is 5.57. The minimum absolute atomic E-state index is 0. The Bertz CT molecular complexity index is 661. The summed E-state index contributed by atoms with van der Waals surface area (Å²) in [6, 6.07) is 3.96. The fourth-order valence-corrected chi connectivity index (χ4v) is 4.02. The Morgan fingerprint density at radius 2 is 2.17 bits per heavy atom. The number of rotatable bonds is 6. The van der Waals surface area contributed by atoms with Crippen molar-refractivity contribution in [3.05, 3.63) is 28.8 Å². The number of methoxy groups -OCH3 is 1. The number of carbonyl (C=O) groups excluding carboxylic acids is 1. The van der Waals surface area contributed by atoms with Gasteiger partial charge in [-0.2, -0.15) is 0 Å². The van der Waals surface area contributed by atoms with Crippen LogP contribution >= 0.6 is 24.0 Å². The van der Waals surface area contributed by atoms with Crippen molar-refractivity contribution in [2.75, 3.05) is 26.7 Å². The zero-order valence-corrected chi connectivity index (χ0v) is 15.8. The first-order chi connectivity index (χ1) is 10.9. The molecule has 2 N–H and O–H groups in total. The summed E-state index contributed by atoms with van der Waals surface area (Å²) in [5.74, 6) is -0.145. The third-order valence-electron chi connectivity index (χ3n) is 3.85. The molecule has 24 heavy (non-hydrogen) atoms. The van der Waals surface area contributed by atoms with Crippen molar-refractivity contribution in [2.24, 2.45) is 5.92 Å². The van der Waals surface area contributed by atoms with E-state index in [9.17, 15) is 13.2 Å². The SMILES string of the molecule is COC(=O)c1cc(Cl)cc(S(=O)(=O)NCCC2CCCNC2)c1.Cl. The Hall–Kier alpha value is -0.860. The van der Waals surface area contributed by atoms with Gasteiger partial charge in [-0.15, -0.1) is 12.4 Å². The van der Waals surface area contributed by atoms with Gasteiger partial charge in [-0.3, -0.25) is 0 Å². The van der Waals surface area contributed by atoms with Crippen LogP contribution in [0.5, 0.6) is 0 Å². The van der Waals surface area contributed by atoms with Gasteiger partial charge in [-0.05, 0) is 56.5 Å². The van der Waals surface area contributed by atoms with E-state index >= 15 is 0 Å². The molecule has 9 heteroatoms. The number of sulfonamides is 1. The van der Waals surface area contributed by atoms with Gasteiger partial charge < -0.3 is 10.1 Å². The lowest BCUT2D eigenvalue weighted by atomic mass is 9.96. The summed E-state index contributed by atoms with van der Waals surface area (Å²) >= 11 is 5.90. The third kappa shape index (κ3) is 5.89. The third-order valence-corrected chi connectivity index (χ3v) is 5.50. The molecule has 136 valence electrons. The number of hydrogen-bond donors (Lipinski definition) is 2. The average Bonchev–Trinajstić information content (AvgIpc) is 2.54. The summed E-state index contributed by atoms with van der Waals surface area (Å²) in [4.78, 5) is 11.5. The molecule has 6 nitrogen and oxygen atoms in total. The van der Waals surface area contributed by atoms with E-state index in [-0.39, 0.29) is 27.9 Å². The number of carbonyl (C=O) groups is 1. The van der Waals surface area contributed by atoms with Crippen molar-refractivity contribution in [1.29, 1.82) is 0 Å². The molecule has 1 atom stereocenters. The molecule has 1 unspecified atom stereocenters. The van der Waals surface area contributed by atoms with Crippen molar-refractivity contribution in [3.8, 4) is 0 Å². The maximum Gasteiger partial charge on any atom is 0.337 e. The normalized spacial score (nSPS) is 17.8. The Morgan fingerprint density at radius 3 is 2.79 bits per heavy atom. The van der Waals surface area contributed by atoms with Gasteiger partial charge in [0, 0.05) is 11.6 Å². The van der Waals surface area contributed by atoms with Crippen LogP contribution in [-0.2, 0) is 14.8 Å². The molecule has 0 bridgehead atoms. The molecule has 1 aromatic carbocycles. The molecule has 0 radical (unpaired) electrons. The average molecular weight is 397 g/mol. The van der Waals surface area contributed by atoms with E-state index in [4.69, 9.17) is 11.6 Å². The summed E-state index contributed by atoms with van der Waals surface area (Å²) in [7, 11) is -2.48. The van der Waals surface area contributed by atoms with Gasteiger partial charge in [-0.1, -0.05) is 11.6 Å². The van der Waals surface area contributed by atoms with Gasteiger partial charge in [0.05, 0.1) is 17.6 Å². The standard InChI is InChI=1S/C15H21ClN2O4S.ClH/c1-22-15(19)12-7-13(16)9-14(8-12)23(20,21)18-6-4-11-3-2-5-17-10-11;/h7-9,11,17-18H,2-6,10H2,1H3;1H. The van der Waals surface area contributed by atoms with E-state index in [0.29, 0.717) is 12.5 Å². The fraction of sp³-hybridized carbons (Fsp3) is 0.533. The predicted octanol–water partition coefficient (Wildman–Crippen LogP) is 2.22. The Morgan fingerprint density at radius 1 is 1.42 bits per heavy atom. The number of piperidine rings is 1. The quantitative estimate of drug-likeness (QED) is 0.720. The maximum atomic E-state index is 12.4. The highest BCUT2D eigenvalue weighted by atomic mass is 35.5. The van der Waals surface area contributed by atoms with Crippen LogP contribution in [0.15, 0.2) is 23.1 Å². The molecule has 2 rings (SSSR count). The molecule has 1 heterocycles. The van der Waals surface area contributed by atoms with E-state index in [1.54, 1.807) is 0 Å². The first-order valence-corrected chi connectivity index (χ1v) is 9.38. The minimum atomic E-state index is -3.71. The molecule has 0 spiro atoms. The van der Waals surface area contributed by atoms with Crippen molar-refractivity contribution in [2.45, 2.75) is 24.2 Å². The molecular weight excluding hydrogens is 375 g/mol. The van der Waals surface area contributed by atoms with Crippen LogP contribution in [0.1, 0.15) is 29.6 Å². The summed E-state index contributed by atoms with van der Waals surface area (Å²) in [5, 5.41) is 3.47. The highest BCUT2D eigenvalue weighted by Gasteiger charge is 2.19. The summed E-state index contributed by atoms with van der Waals surface area (Å²) in [6.07, 6.45) is 3.00. The molecular formula is C15H22Cl2N2O4S. The smallest absolute Gasteiger partial charge is 0.337 e. The van der Waals surface area contributed by atoms with Crippen LogP contribution in [0, 0.1) is 5.92 Å². The molecule has 1 fully saturated rings. The van der Waals surface area contributed by atoms with Crippen LogP contribution in [0.2, 0.25) is 5.02 Å². The summed E-state index contributed by atoms with van der Waals surface area (Å²) < 4.78 is 31.9. The molecule has 1 aliphatic heterocycles. The highest BCUT2D eigenvalue weighted by molar-refractivity contribution is 7.89. The molecule has 1 aromatic rings. The zero-order valence-electron chi connectivity index (χ0n) is 13.4. The second-order valence-corrected chi connectivity index (χ2v) is 7.77. The molecule has 0 saturated carbocycles. The Kier molecular flexibility index (Phi) is 8.45. The largest absolute Gasteiger partial charge is 0.465 e. The van der Waals surface area contributed by atoms with Crippen molar-refractivity contribution in [1.82, 2.24) is 10.0 Å². The lowest BCUT2D eigenvalue weighted by Crippen LogP contribution is -2.33. The summed E-state index contributed by atoms with van der Waals surface area (Å²) in [5.41, 5.74) is 0.108. The number of benzene rings is 1. The van der Waals surface area contributed by atoms with Crippen LogP contribution in [0.4, 0.5) is 0 Å². The maximum absolute atomic E-state index is 12.4. The van der Waals surface area contributed by atoms with E-state index in [0.717, 1.165) is 32.4 Å². The number of hydrogen-bond acceptors (Lipinski definition) is 5. The van der Waals surface area contributed by atoms with E-state index in [1.165, 1.54) is 25.3 Å². The number of ether oxygens (including phenoxy) is 1. The molecule has 1 aliphatic rings.